The monoisotopic (exact) mass is 373 g/mol. The Balaban J connectivity index is 1.90. The van der Waals surface area contributed by atoms with Crippen molar-refractivity contribution in [1.82, 2.24) is 5.32 Å². The fourth-order valence-electron chi connectivity index (χ4n) is 2.97. The number of carbonyl (C=O) groups excluding carboxylic acids is 1. The van der Waals surface area contributed by atoms with E-state index in [1.54, 1.807) is 7.11 Å². The molecule has 5 nitrogen and oxygen atoms in total. The summed E-state index contributed by atoms with van der Waals surface area (Å²) in [6.45, 7) is 1.92. The van der Waals surface area contributed by atoms with Gasteiger partial charge >= 0.3 is 5.97 Å². The Kier molecular flexibility index (Phi) is 7.34. The summed E-state index contributed by atoms with van der Waals surface area (Å²) in [7, 11) is 1.61. The zero-order chi connectivity index (χ0) is 19.8. The van der Waals surface area contributed by atoms with Crippen molar-refractivity contribution < 1.29 is 23.8 Å². The van der Waals surface area contributed by atoms with E-state index in [1.807, 2.05) is 31.2 Å². The van der Waals surface area contributed by atoms with Gasteiger partial charge in [0.25, 0.3) is 0 Å². The van der Waals surface area contributed by atoms with Gasteiger partial charge in [-0.2, -0.15) is 0 Å². The van der Waals surface area contributed by atoms with Crippen LogP contribution in [-0.4, -0.2) is 30.6 Å². The summed E-state index contributed by atoms with van der Waals surface area (Å²) in [5.74, 6) is -1.78. The first kappa shape index (κ1) is 20.4. The van der Waals surface area contributed by atoms with Gasteiger partial charge < -0.3 is 15.2 Å². The maximum atomic E-state index is 13.0. The number of benzene rings is 2. The molecule has 1 amide bonds. The molecule has 2 unspecified atom stereocenters. The van der Waals surface area contributed by atoms with E-state index in [9.17, 15) is 19.1 Å². The lowest BCUT2D eigenvalue weighted by Crippen LogP contribution is -2.32. The number of nitrogens with one attached hydrogen (secondary N) is 1. The number of halogens is 1. The molecule has 0 aromatic heterocycles. The number of rotatable bonds is 9. The molecular formula is C21H24FNO4. The summed E-state index contributed by atoms with van der Waals surface area (Å²) in [6, 6.07) is 12.9. The molecule has 0 bridgehead atoms. The molecular weight excluding hydrogens is 349 g/mol. The molecule has 0 aliphatic rings. The van der Waals surface area contributed by atoms with Crippen molar-refractivity contribution in [3.63, 3.8) is 0 Å². The second kappa shape index (κ2) is 9.71. The van der Waals surface area contributed by atoms with E-state index in [-0.39, 0.29) is 24.8 Å². The van der Waals surface area contributed by atoms with Crippen molar-refractivity contribution in [2.45, 2.75) is 25.7 Å². The number of carboxylic acids is 1. The van der Waals surface area contributed by atoms with E-state index in [4.69, 9.17) is 4.74 Å². The smallest absolute Gasteiger partial charge is 0.312 e. The molecule has 0 spiro atoms. The molecule has 0 fully saturated rings. The highest BCUT2D eigenvalue weighted by Crippen LogP contribution is 2.22. The average molecular weight is 373 g/mol. The molecule has 0 saturated carbocycles. The molecule has 0 aliphatic heterocycles. The van der Waals surface area contributed by atoms with Gasteiger partial charge in [0.05, 0.1) is 13.0 Å². The minimum atomic E-state index is -1.07. The summed E-state index contributed by atoms with van der Waals surface area (Å²) in [6.07, 6.45) is 0.950. The summed E-state index contributed by atoms with van der Waals surface area (Å²) in [4.78, 5) is 23.7. The number of methoxy groups -OCH3 is 1. The molecule has 2 N–H and O–H groups in total. The van der Waals surface area contributed by atoms with Gasteiger partial charge in [0.2, 0.25) is 5.91 Å². The topological polar surface area (TPSA) is 75.6 Å². The van der Waals surface area contributed by atoms with Crippen LogP contribution < -0.4 is 10.1 Å². The van der Waals surface area contributed by atoms with Gasteiger partial charge in [-0.15, -0.1) is 0 Å². The molecule has 0 radical (unpaired) electrons. The van der Waals surface area contributed by atoms with Crippen LogP contribution >= 0.6 is 0 Å². The molecule has 27 heavy (non-hydrogen) atoms. The molecule has 2 aromatic carbocycles. The van der Waals surface area contributed by atoms with E-state index >= 15 is 0 Å². The van der Waals surface area contributed by atoms with E-state index < -0.39 is 17.7 Å². The number of ether oxygens (including phenoxy) is 1. The van der Waals surface area contributed by atoms with Crippen LogP contribution in [0.4, 0.5) is 4.39 Å². The van der Waals surface area contributed by atoms with E-state index in [0.717, 1.165) is 11.3 Å². The van der Waals surface area contributed by atoms with E-state index in [1.165, 1.54) is 24.3 Å². The summed E-state index contributed by atoms with van der Waals surface area (Å²) in [5.41, 5.74) is 1.47. The van der Waals surface area contributed by atoms with Crippen LogP contribution in [0.3, 0.4) is 0 Å². The van der Waals surface area contributed by atoms with Crippen LogP contribution in [0.2, 0.25) is 0 Å². The number of aliphatic carboxylic acids is 1. The Bertz CT molecular complexity index is 776. The number of hydrogen-bond donors (Lipinski definition) is 2. The van der Waals surface area contributed by atoms with Crippen molar-refractivity contribution >= 4 is 11.9 Å². The molecule has 0 aliphatic carbocycles. The Morgan fingerprint density at radius 2 is 1.81 bits per heavy atom. The minimum Gasteiger partial charge on any atom is -0.496 e. The third-order valence-electron chi connectivity index (χ3n) is 4.37. The molecule has 144 valence electrons. The summed E-state index contributed by atoms with van der Waals surface area (Å²) in [5, 5.41) is 12.1. The third-order valence-corrected chi connectivity index (χ3v) is 4.37. The third kappa shape index (κ3) is 6.09. The lowest BCUT2D eigenvalue weighted by molar-refractivity contribution is -0.138. The number of amides is 1. The van der Waals surface area contributed by atoms with Crippen molar-refractivity contribution in [1.29, 1.82) is 0 Å². The first-order chi connectivity index (χ1) is 12.9. The largest absolute Gasteiger partial charge is 0.496 e. The highest BCUT2D eigenvalue weighted by molar-refractivity contribution is 5.80. The fourth-order valence-corrected chi connectivity index (χ4v) is 2.97. The van der Waals surface area contributed by atoms with Gasteiger partial charge in [-0.05, 0) is 41.7 Å². The Hall–Kier alpha value is -2.89. The molecule has 2 atom stereocenters. The standard InChI is InChI=1S/C21H24FNO4/c1-14(11-16-5-3-4-6-19(16)27-2)12-20(24)23-13-18(21(25)26)15-7-9-17(22)10-8-15/h3-10,14,18H,11-13H2,1-2H3,(H,23,24)(H,25,26). The fraction of sp³-hybridized carbons (Fsp3) is 0.333. The SMILES string of the molecule is COc1ccccc1CC(C)CC(=O)NCC(C(=O)O)c1ccc(F)cc1. The maximum Gasteiger partial charge on any atom is 0.312 e. The van der Waals surface area contributed by atoms with Crippen LogP contribution in [0.1, 0.15) is 30.4 Å². The van der Waals surface area contributed by atoms with E-state index in [2.05, 4.69) is 5.32 Å². The van der Waals surface area contributed by atoms with Gasteiger partial charge in [-0.25, -0.2) is 4.39 Å². The number of para-hydroxylation sites is 1. The van der Waals surface area contributed by atoms with Crippen molar-refractivity contribution in [3.8, 4) is 5.75 Å². The molecule has 0 saturated heterocycles. The predicted molar refractivity (Wildman–Crippen MR) is 100 cm³/mol. The van der Waals surface area contributed by atoms with Crippen LogP contribution in [0, 0.1) is 11.7 Å². The van der Waals surface area contributed by atoms with Gasteiger partial charge in [0.15, 0.2) is 0 Å². The highest BCUT2D eigenvalue weighted by atomic mass is 19.1. The van der Waals surface area contributed by atoms with Crippen LogP contribution in [-0.2, 0) is 16.0 Å². The second-order valence-electron chi connectivity index (χ2n) is 6.57. The van der Waals surface area contributed by atoms with Crippen molar-refractivity contribution in [3.05, 3.63) is 65.5 Å². The lowest BCUT2D eigenvalue weighted by atomic mass is 9.96. The molecule has 6 heteroatoms. The van der Waals surface area contributed by atoms with Gasteiger partial charge in [0, 0.05) is 13.0 Å². The Morgan fingerprint density at radius 3 is 2.44 bits per heavy atom. The zero-order valence-corrected chi connectivity index (χ0v) is 15.4. The van der Waals surface area contributed by atoms with Gasteiger partial charge in [-0.1, -0.05) is 37.3 Å². The normalized spacial score (nSPS) is 12.9. The second-order valence-corrected chi connectivity index (χ2v) is 6.57. The maximum absolute atomic E-state index is 13.0. The minimum absolute atomic E-state index is 0.0405. The van der Waals surface area contributed by atoms with E-state index in [0.29, 0.717) is 12.0 Å². The van der Waals surface area contributed by atoms with Crippen molar-refractivity contribution in [2.24, 2.45) is 5.92 Å². The quantitative estimate of drug-likeness (QED) is 0.706. The number of carboxylic acid groups (broad SMARTS) is 1. The summed E-state index contributed by atoms with van der Waals surface area (Å²) < 4.78 is 18.3. The first-order valence-corrected chi connectivity index (χ1v) is 8.77. The summed E-state index contributed by atoms with van der Waals surface area (Å²) >= 11 is 0. The number of hydrogen-bond acceptors (Lipinski definition) is 3. The Labute approximate surface area is 158 Å². The van der Waals surface area contributed by atoms with Crippen molar-refractivity contribution in [2.75, 3.05) is 13.7 Å². The van der Waals surface area contributed by atoms with Crippen LogP contribution in [0.15, 0.2) is 48.5 Å². The molecule has 2 aromatic rings. The lowest BCUT2D eigenvalue weighted by Gasteiger charge is -2.16. The molecule has 2 rings (SSSR count). The average Bonchev–Trinajstić information content (AvgIpc) is 2.63. The highest BCUT2D eigenvalue weighted by Gasteiger charge is 2.21. The van der Waals surface area contributed by atoms with Crippen LogP contribution in [0.5, 0.6) is 5.75 Å². The Morgan fingerprint density at radius 1 is 1.15 bits per heavy atom. The van der Waals surface area contributed by atoms with Crippen LogP contribution in [0.25, 0.3) is 0 Å². The number of carbonyl (C=O) groups is 2. The van der Waals surface area contributed by atoms with Gasteiger partial charge in [-0.3, -0.25) is 9.59 Å². The van der Waals surface area contributed by atoms with Gasteiger partial charge in [0.1, 0.15) is 11.6 Å². The molecule has 0 heterocycles. The first-order valence-electron chi connectivity index (χ1n) is 8.77. The predicted octanol–water partition coefficient (Wildman–Crippen LogP) is 3.39. The zero-order valence-electron chi connectivity index (χ0n) is 15.4.